The lowest BCUT2D eigenvalue weighted by atomic mass is 9.90. The SMILES string of the molecule is C=CC(=C[N+](C)(C)C(C)NCCC1CC1C1CCN(c2ncc(Cl)cn2)CC1)n1cnnn1. The monoisotopic (exact) mass is 472 g/mol. The van der Waals surface area contributed by atoms with Crippen molar-refractivity contribution in [1.82, 2.24) is 35.5 Å². The summed E-state index contributed by atoms with van der Waals surface area (Å²) >= 11 is 5.91. The number of aromatic nitrogens is 6. The van der Waals surface area contributed by atoms with Crippen molar-refractivity contribution in [3.8, 4) is 0 Å². The molecule has 0 radical (unpaired) electrons. The molecule has 0 aromatic carbocycles. The van der Waals surface area contributed by atoms with Crippen LogP contribution in [0.5, 0.6) is 0 Å². The van der Waals surface area contributed by atoms with E-state index in [-0.39, 0.29) is 6.17 Å². The van der Waals surface area contributed by atoms with Gasteiger partial charge in [-0.05, 0) is 59.9 Å². The first-order chi connectivity index (χ1) is 15.9. The van der Waals surface area contributed by atoms with E-state index < -0.39 is 0 Å². The van der Waals surface area contributed by atoms with Crippen LogP contribution in [0.3, 0.4) is 0 Å². The molecule has 3 atom stereocenters. The van der Waals surface area contributed by atoms with Crippen LogP contribution in [0.1, 0.15) is 32.6 Å². The Morgan fingerprint density at radius 2 is 2.03 bits per heavy atom. The number of tetrazole rings is 1. The van der Waals surface area contributed by atoms with E-state index >= 15 is 0 Å². The maximum absolute atomic E-state index is 5.91. The highest BCUT2D eigenvalue weighted by Crippen LogP contribution is 2.49. The number of piperidine rings is 1. The highest BCUT2D eigenvalue weighted by molar-refractivity contribution is 6.30. The lowest BCUT2D eigenvalue weighted by Crippen LogP contribution is -2.51. The number of nitrogens with zero attached hydrogens (tertiary/aromatic N) is 8. The van der Waals surface area contributed by atoms with Gasteiger partial charge in [-0.3, -0.25) is 9.80 Å². The minimum atomic E-state index is 0.260. The molecule has 1 saturated carbocycles. The van der Waals surface area contributed by atoms with Crippen molar-refractivity contribution in [2.45, 2.75) is 38.8 Å². The molecule has 10 heteroatoms. The Kier molecular flexibility index (Phi) is 7.41. The molecule has 1 N–H and O–H groups in total. The summed E-state index contributed by atoms with van der Waals surface area (Å²) in [6, 6.07) is 0. The molecular formula is C23H35ClN9+. The second-order valence-corrected chi connectivity index (χ2v) is 10.2. The zero-order valence-electron chi connectivity index (χ0n) is 19.8. The van der Waals surface area contributed by atoms with Crippen LogP contribution in [0.15, 0.2) is 37.6 Å². The zero-order chi connectivity index (χ0) is 23.4. The van der Waals surface area contributed by atoms with E-state index in [4.69, 9.17) is 11.6 Å². The Labute approximate surface area is 201 Å². The third-order valence-electron chi connectivity index (χ3n) is 7.25. The molecule has 9 nitrogen and oxygen atoms in total. The summed E-state index contributed by atoms with van der Waals surface area (Å²) < 4.78 is 2.30. The highest BCUT2D eigenvalue weighted by Gasteiger charge is 2.43. The maximum Gasteiger partial charge on any atom is 0.225 e. The van der Waals surface area contributed by atoms with Gasteiger partial charge in [0, 0.05) is 26.6 Å². The van der Waals surface area contributed by atoms with Crippen molar-refractivity contribution in [2.24, 2.45) is 17.8 Å². The molecule has 0 amide bonds. The van der Waals surface area contributed by atoms with E-state index in [1.54, 1.807) is 29.5 Å². The van der Waals surface area contributed by atoms with Gasteiger partial charge in [-0.15, -0.1) is 5.10 Å². The van der Waals surface area contributed by atoms with E-state index in [1.165, 1.54) is 25.7 Å². The molecule has 0 bridgehead atoms. The van der Waals surface area contributed by atoms with Gasteiger partial charge in [0.25, 0.3) is 0 Å². The van der Waals surface area contributed by atoms with Gasteiger partial charge < -0.3 is 4.90 Å². The van der Waals surface area contributed by atoms with E-state index in [0.717, 1.165) is 49.0 Å². The number of rotatable bonds is 10. The summed E-state index contributed by atoms with van der Waals surface area (Å²) in [4.78, 5) is 11.0. The fraction of sp³-hybridized carbons (Fsp3) is 0.609. The van der Waals surface area contributed by atoms with Gasteiger partial charge in [-0.2, -0.15) is 4.68 Å². The third-order valence-corrected chi connectivity index (χ3v) is 7.45. The van der Waals surface area contributed by atoms with E-state index in [9.17, 15) is 0 Å². The lowest BCUT2D eigenvalue weighted by molar-refractivity contribution is -0.866. The van der Waals surface area contributed by atoms with Crippen molar-refractivity contribution in [3.05, 3.63) is 42.6 Å². The quantitative estimate of drug-likeness (QED) is 0.323. The molecule has 1 aliphatic carbocycles. The molecule has 33 heavy (non-hydrogen) atoms. The first-order valence-corrected chi connectivity index (χ1v) is 12.1. The minimum absolute atomic E-state index is 0.260. The Bertz CT molecular complexity index is 933. The first-order valence-electron chi connectivity index (χ1n) is 11.7. The van der Waals surface area contributed by atoms with Crippen molar-refractivity contribution in [2.75, 3.05) is 38.6 Å². The van der Waals surface area contributed by atoms with Gasteiger partial charge in [-0.1, -0.05) is 18.2 Å². The smallest absolute Gasteiger partial charge is 0.225 e. The second kappa shape index (κ2) is 10.3. The van der Waals surface area contributed by atoms with Crippen LogP contribution in [0.2, 0.25) is 5.02 Å². The number of quaternary nitrogens is 1. The van der Waals surface area contributed by atoms with Crippen molar-refractivity contribution in [3.63, 3.8) is 0 Å². The van der Waals surface area contributed by atoms with Crippen LogP contribution in [0, 0.1) is 17.8 Å². The van der Waals surface area contributed by atoms with Gasteiger partial charge in [0.1, 0.15) is 24.4 Å². The molecule has 0 spiro atoms. The standard InChI is InChI=1S/C23H35ClN9/c1-5-21(32-16-28-29-30-32)15-33(3,4)17(2)25-9-6-19-12-22(19)18-7-10-31(11-8-18)23-26-13-20(24)14-27-23/h5,13-19,22,25H,1,6-12H2,2-4H3/q+1. The van der Waals surface area contributed by atoms with Crippen LogP contribution in [-0.2, 0) is 0 Å². The van der Waals surface area contributed by atoms with E-state index in [0.29, 0.717) is 9.51 Å². The molecule has 2 aromatic rings. The molecular weight excluding hydrogens is 438 g/mol. The van der Waals surface area contributed by atoms with Crippen LogP contribution in [0.25, 0.3) is 5.70 Å². The highest BCUT2D eigenvalue weighted by atomic mass is 35.5. The average Bonchev–Trinajstić information content (AvgIpc) is 3.37. The van der Waals surface area contributed by atoms with Gasteiger partial charge in [0.2, 0.25) is 5.95 Å². The van der Waals surface area contributed by atoms with Gasteiger partial charge in [0.15, 0.2) is 0 Å². The summed E-state index contributed by atoms with van der Waals surface area (Å²) in [5, 5.41) is 15.7. The zero-order valence-corrected chi connectivity index (χ0v) is 20.6. The number of nitrogens with one attached hydrogen (secondary N) is 1. The van der Waals surface area contributed by atoms with Crippen molar-refractivity contribution < 1.29 is 4.48 Å². The molecule has 4 rings (SSSR count). The first kappa shape index (κ1) is 23.8. The van der Waals surface area contributed by atoms with Gasteiger partial charge in [-0.25, -0.2) is 9.97 Å². The number of hydrogen-bond donors (Lipinski definition) is 1. The largest absolute Gasteiger partial charge is 0.341 e. The summed E-state index contributed by atoms with van der Waals surface area (Å²) in [5.74, 6) is 3.37. The topological polar surface area (TPSA) is 84.6 Å². The Hall–Kier alpha value is -2.36. The molecule has 2 aliphatic rings. The normalized spacial score (nSPS) is 22.9. The predicted octanol–water partition coefficient (Wildman–Crippen LogP) is 3.06. The number of hydrogen-bond acceptors (Lipinski definition) is 7. The van der Waals surface area contributed by atoms with Crippen LogP contribution < -0.4 is 10.2 Å². The maximum atomic E-state index is 5.91. The second-order valence-electron chi connectivity index (χ2n) is 9.75. The summed E-state index contributed by atoms with van der Waals surface area (Å²) in [6.07, 6.45) is 14.2. The minimum Gasteiger partial charge on any atom is -0.341 e. The summed E-state index contributed by atoms with van der Waals surface area (Å²) in [5.41, 5.74) is 0.872. The van der Waals surface area contributed by atoms with E-state index in [1.807, 2.05) is 0 Å². The number of halogens is 1. The molecule has 1 aliphatic heterocycles. The van der Waals surface area contributed by atoms with Gasteiger partial charge in [0.05, 0.1) is 31.5 Å². The average molecular weight is 473 g/mol. The molecule has 1 saturated heterocycles. The fourth-order valence-corrected chi connectivity index (χ4v) is 4.92. The Morgan fingerprint density at radius 3 is 2.67 bits per heavy atom. The van der Waals surface area contributed by atoms with E-state index in [2.05, 4.69) is 69.5 Å². The molecule has 3 unspecified atom stereocenters. The Morgan fingerprint density at radius 1 is 1.30 bits per heavy atom. The Balaban J connectivity index is 1.19. The number of allylic oxidation sites excluding steroid dienone is 2. The third kappa shape index (κ3) is 5.96. The van der Waals surface area contributed by atoms with Crippen LogP contribution >= 0.6 is 11.6 Å². The summed E-state index contributed by atoms with van der Waals surface area (Å²) in [7, 11) is 4.34. The van der Waals surface area contributed by atoms with Gasteiger partial charge >= 0.3 is 0 Å². The molecule has 3 heterocycles. The number of anilines is 1. The van der Waals surface area contributed by atoms with Crippen LogP contribution in [-0.4, -0.2) is 74.6 Å². The molecule has 178 valence electrons. The fourth-order valence-electron chi connectivity index (χ4n) is 4.83. The van der Waals surface area contributed by atoms with Crippen molar-refractivity contribution >= 4 is 23.2 Å². The summed E-state index contributed by atoms with van der Waals surface area (Å²) in [6.45, 7) is 9.23. The predicted molar refractivity (Wildman–Crippen MR) is 130 cm³/mol. The van der Waals surface area contributed by atoms with Crippen LogP contribution in [0.4, 0.5) is 5.95 Å². The molecule has 2 fully saturated rings. The lowest BCUT2D eigenvalue weighted by Gasteiger charge is -2.33. The van der Waals surface area contributed by atoms with Crippen molar-refractivity contribution in [1.29, 1.82) is 0 Å². The molecule has 2 aromatic heterocycles.